The minimum Gasteiger partial charge on any atom is -0.508 e. The number of esters is 2. The number of phenols is 11. The molecule has 20 heteroatoms. The van der Waals surface area contributed by atoms with Gasteiger partial charge in [0, 0.05) is 17.7 Å². The number of phenolic OH excluding ortho intramolecular Hbond substituents is 11. The van der Waals surface area contributed by atoms with Crippen LogP contribution in [0.5, 0.6) is 69.0 Å². The molecule has 0 saturated carbocycles. The average Bonchev–Trinajstić information content (AvgIpc) is 3.11. The summed E-state index contributed by atoms with van der Waals surface area (Å²) in [6.07, 6.45) is -9.69. The molecule has 20 nitrogen and oxygen atoms in total. The van der Waals surface area contributed by atoms with Crippen LogP contribution in [-0.4, -0.2) is 104 Å². The van der Waals surface area contributed by atoms with Gasteiger partial charge in [0.05, 0.1) is 17.2 Å². The van der Waals surface area contributed by atoms with Gasteiger partial charge in [-0.15, -0.1) is 0 Å². The Morgan fingerprint density at radius 1 is 0.618 bits per heavy atom. The lowest BCUT2D eigenvalue weighted by Crippen LogP contribution is -2.61. The molecule has 0 spiro atoms. The van der Waals surface area contributed by atoms with Gasteiger partial charge in [0.15, 0.2) is 63.6 Å². The molecule has 12 N–H and O–H groups in total. The van der Waals surface area contributed by atoms with E-state index in [0.29, 0.717) is 24.3 Å². The van der Waals surface area contributed by atoms with E-state index in [-0.39, 0.29) is 5.56 Å². The van der Waals surface area contributed by atoms with Crippen molar-refractivity contribution < 1.29 is 94.2 Å². The maximum atomic E-state index is 14.1. The van der Waals surface area contributed by atoms with Crippen molar-refractivity contribution in [1.82, 2.24) is 0 Å². The molecule has 0 amide bonds. The van der Waals surface area contributed by atoms with Gasteiger partial charge in [-0.25, -0.2) is 9.59 Å². The van der Waals surface area contributed by atoms with Gasteiger partial charge in [-0.1, -0.05) is 0 Å². The molecular formula is C35H28O20. The summed E-state index contributed by atoms with van der Waals surface area (Å²) >= 11 is 0. The van der Waals surface area contributed by atoms with Gasteiger partial charge >= 0.3 is 11.9 Å². The molecule has 6 rings (SSSR count). The van der Waals surface area contributed by atoms with Crippen molar-refractivity contribution in [1.29, 1.82) is 0 Å². The van der Waals surface area contributed by atoms with Crippen LogP contribution in [0.3, 0.4) is 0 Å². The molecule has 1 aliphatic rings. The summed E-state index contributed by atoms with van der Waals surface area (Å²) in [6, 6.07) is 6.02. The first-order valence-corrected chi connectivity index (χ1v) is 15.6. The van der Waals surface area contributed by atoms with E-state index in [1.807, 2.05) is 0 Å². The Bertz CT molecular complexity index is 2370. The van der Waals surface area contributed by atoms with E-state index in [1.54, 1.807) is 0 Å². The summed E-state index contributed by atoms with van der Waals surface area (Å²) in [5.74, 6) is -14.5. The van der Waals surface area contributed by atoms with E-state index >= 15 is 0 Å². The molecule has 288 valence electrons. The number of aliphatic hydroxyl groups excluding tert-OH is 1. The molecule has 0 bridgehead atoms. The van der Waals surface area contributed by atoms with Gasteiger partial charge in [0.1, 0.15) is 28.6 Å². The second kappa shape index (κ2) is 13.8. The van der Waals surface area contributed by atoms with E-state index in [2.05, 4.69) is 0 Å². The number of aliphatic hydroxyl groups is 1. The zero-order valence-corrected chi connectivity index (χ0v) is 27.6. The Morgan fingerprint density at radius 2 is 1.07 bits per heavy atom. The van der Waals surface area contributed by atoms with Crippen molar-refractivity contribution in [2.45, 2.75) is 37.6 Å². The van der Waals surface area contributed by atoms with Crippen molar-refractivity contribution in [3.63, 3.8) is 0 Å². The number of carbonyl (C=O) groups is 2. The Morgan fingerprint density at radius 3 is 1.56 bits per heavy atom. The van der Waals surface area contributed by atoms with E-state index in [9.17, 15) is 75.7 Å². The first-order chi connectivity index (χ1) is 25.9. The third kappa shape index (κ3) is 6.80. The van der Waals surface area contributed by atoms with Gasteiger partial charge in [0.2, 0.25) is 23.6 Å². The van der Waals surface area contributed by atoms with Crippen molar-refractivity contribution in [2.75, 3.05) is 0 Å². The number of rotatable bonds is 7. The highest BCUT2D eigenvalue weighted by Gasteiger charge is 2.50. The fraction of sp³-hybridized carbons (Fsp3) is 0.171. The Labute approximate surface area is 304 Å². The molecule has 5 unspecified atom stereocenters. The zero-order chi connectivity index (χ0) is 40.2. The average molecular weight is 769 g/mol. The Hall–Kier alpha value is -7.45. The third-order valence-corrected chi connectivity index (χ3v) is 8.34. The summed E-state index contributed by atoms with van der Waals surface area (Å²) in [5.41, 5.74) is -3.29. The third-order valence-electron chi connectivity index (χ3n) is 8.34. The fourth-order valence-corrected chi connectivity index (χ4v) is 5.58. The second-order valence-corrected chi connectivity index (χ2v) is 12.1. The fourth-order valence-electron chi connectivity index (χ4n) is 5.58. The van der Waals surface area contributed by atoms with E-state index in [4.69, 9.17) is 23.4 Å². The standard InChI is InChI=1S/C35H28O20/c1-10-24(44)30(53-33(49)12-4-18(40)26(46)19(41)5-12)32(54-34(50)13-6-20(42)27(47)21(43)7-13)35(51-10)55-31-28(48)23-15(37)8-14(36)9-22(23)52-29(31)11-2-16(38)25(45)17(39)3-11/h2-10,24,30,32,35-47H,1H3. The lowest BCUT2D eigenvalue weighted by Gasteiger charge is -2.42. The highest BCUT2D eigenvalue weighted by Crippen LogP contribution is 2.44. The maximum Gasteiger partial charge on any atom is 0.339 e. The Balaban J connectivity index is 1.51. The van der Waals surface area contributed by atoms with Crippen LogP contribution in [0.25, 0.3) is 22.3 Å². The molecule has 1 aromatic heterocycles. The molecule has 2 heterocycles. The molecular weight excluding hydrogens is 740 g/mol. The quantitative estimate of drug-likeness (QED) is 0.0833. The highest BCUT2D eigenvalue weighted by atomic mass is 16.7. The van der Waals surface area contributed by atoms with Gasteiger partial charge in [-0.2, -0.15) is 0 Å². The lowest BCUT2D eigenvalue weighted by atomic mass is 9.98. The largest absolute Gasteiger partial charge is 0.508 e. The maximum absolute atomic E-state index is 14.1. The van der Waals surface area contributed by atoms with Gasteiger partial charge in [0.25, 0.3) is 0 Å². The second-order valence-electron chi connectivity index (χ2n) is 12.1. The number of benzene rings is 4. The highest BCUT2D eigenvalue weighted by molar-refractivity contribution is 5.92. The van der Waals surface area contributed by atoms with Crippen LogP contribution in [-0.2, 0) is 14.2 Å². The van der Waals surface area contributed by atoms with Crippen molar-refractivity contribution >= 4 is 22.9 Å². The molecule has 0 radical (unpaired) electrons. The molecule has 0 aliphatic carbocycles. The molecule has 1 fully saturated rings. The van der Waals surface area contributed by atoms with Crippen molar-refractivity contribution in [3.05, 3.63) is 69.9 Å². The first kappa shape index (κ1) is 37.3. The lowest BCUT2D eigenvalue weighted by molar-refractivity contribution is -0.267. The predicted octanol–water partition coefficient (Wildman–Crippen LogP) is 2.16. The molecule has 5 aromatic rings. The zero-order valence-electron chi connectivity index (χ0n) is 27.6. The number of fused-ring (bicyclic) bond motifs is 1. The van der Waals surface area contributed by atoms with Crippen molar-refractivity contribution in [3.8, 4) is 80.3 Å². The molecule has 1 aliphatic heterocycles. The molecule has 4 aromatic carbocycles. The number of carbonyl (C=O) groups excluding carboxylic acids is 2. The summed E-state index contributed by atoms with van der Waals surface area (Å²) in [5, 5.41) is 121. The van der Waals surface area contributed by atoms with E-state index < -0.39 is 145 Å². The summed E-state index contributed by atoms with van der Waals surface area (Å²) < 4.78 is 28.4. The molecule has 5 atom stereocenters. The summed E-state index contributed by atoms with van der Waals surface area (Å²) in [4.78, 5) is 40.9. The SMILES string of the molecule is CC1OC(Oc2c(-c3cc(O)c(O)c(O)c3)oc3cc(O)cc(O)c3c2=O)C(OC(=O)c2cc(O)c(O)c(O)c2)C(OC(=O)c2cc(O)c(O)c(O)c2)C1O. The normalized spacial score (nSPS) is 19.5. The van der Waals surface area contributed by atoms with Crippen LogP contribution in [0.2, 0.25) is 0 Å². The summed E-state index contributed by atoms with van der Waals surface area (Å²) in [6.45, 7) is 1.22. The smallest absolute Gasteiger partial charge is 0.339 e. The van der Waals surface area contributed by atoms with Crippen LogP contribution in [0.1, 0.15) is 27.6 Å². The minimum absolute atomic E-state index is 0.368. The van der Waals surface area contributed by atoms with Gasteiger partial charge < -0.3 is 84.6 Å². The van der Waals surface area contributed by atoms with Gasteiger partial charge in [-0.3, -0.25) is 4.79 Å². The van der Waals surface area contributed by atoms with Crippen LogP contribution >= 0.6 is 0 Å². The molecule has 55 heavy (non-hydrogen) atoms. The van der Waals surface area contributed by atoms with Gasteiger partial charge in [-0.05, 0) is 43.3 Å². The van der Waals surface area contributed by atoms with Crippen LogP contribution in [0.15, 0.2) is 57.7 Å². The molecule has 1 saturated heterocycles. The van der Waals surface area contributed by atoms with Crippen LogP contribution < -0.4 is 10.2 Å². The number of hydrogen-bond acceptors (Lipinski definition) is 20. The number of aromatic hydroxyl groups is 11. The predicted molar refractivity (Wildman–Crippen MR) is 178 cm³/mol. The van der Waals surface area contributed by atoms with E-state index in [1.165, 1.54) is 6.92 Å². The number of hydrogen-bond donors (Lipinski definition) is 12. The first-order valence-electron chi connectivity index (χ1n) is 15.6. The van der Waals surface area contributed by atoms with Crippen molar-refractivity contribution in [2.24, 2.45) is 0 Å². The summed E-state index contributed by atoms with van der Waals surface area (Å²) in [7, 11) is 0. The Kier molecular flexibility index (Phi) is 9.39. The van der Waals surface area contributed by atoms with E-state index in [0.717, 1.165) is 24.3 Å². The minimum atomic E-state index is -2.17. The monoisotopic (exact) mass is 768 g/mol. The van der Waals surface area contributed by atoms with Crippen LogP contribution in [0, 0.1) is 0 Å². The van der Waals surface area contributed by atoms with Crippen LogP contribution in [0.4, 0.5) is 0 Å². The topological polar surface area (TPSA) is 344 Å². The number of ether oxygens (including phenoxy) is 4.